The molecule has 0 aliphatic heterocycles. The molecule has 2 unspecified atom stereocenters. The maximum Gasteiger partial charge on any atom is 0.310 e. The molecule has 268 valence electrons. The minimum absolute atomic E-state index is 0.288. The summed E-state index contributed by atoms with van der Waals surface area (Å²) in [5.74, 6) is -0.576. The lowest BCUT2D eigenvalue weighted by Crippen LogP contribution is -2.60. The Kier molecular flexibility index (Phi) is 30.7. The summed E-state index contributed by atoms with van der Waals surface area (Å²) in [5, 5.41) is 11.4. The molecular formula is C39H78NO5+. The van der Waals surface area contributed by atoms with Crippen molar-refractivity contribution in [2.75, 3.05) is 6.54 Å². The zero-order chi connectivity index (χ0) is 33.4. The van der Waals surface area contributed by atoms with Crippen LogP contribution in [0.4, 0.5) is 0 Å². The highest BCUT2D eigenvalue weighted by molar-refractivity contribution is 5.69. The Morgan fingerprint density at radius 3 is 0.933 bits per heavy atom. The van der Waals surface area contributed by atoms with E-state index >= 15 is 0 Å². The van der Waals surface area contributed by atoms with Gasteiger partial charge in [-0.1, -0.05) is 175 Å². The lowest BCUT2D eigenvalue weighted by molar-refractivity contribution is -1.16. The van der Waals surface area contributed by atoms with Crippen molar-refractivity contribution < 1.29 is 28.9 Å². The number of ether oxygens (including phenoxy) is 2. The monoisotopic (exact) mass is 641 g/mol. The molecule has 45 heavy (non-hydrogen) atoms. The number of carbonyl (C=O) groups excluding carboxylic acids is 2. The Hall–Kier alpha value is -1.14. The Morgan fingerprint density at radius 1 is 0.444 bits per heavy atom. The van der Waals surface area contributed by atoms with Crippen molar-refractivity contribution in [2.45, 2.75) is 233 Å². The second kappa shape index (κ2) is 31.5. The second-order valence-corrected chi connectivity index (χ2v) is 13.8. The molecule has 0 amide bonds. The van der Waals surface area contributed by atoms with E-state index in [4.69, 9.17) is 9.47 Å². The van der Waals surface area contributed by atoms with Crippen LogP contribution in [-0.4, -0.2) is 40.8 Å². The van der Waals surface area contributed by atoms with E-state index in [0.717, 1.165) is 38.5 Å². The number of hydrogen-bond donors (Lipinski definition) is 1. The minimum Gasteiger partial charge on any atom is -0.409 e. The molecule has 1 N–H and O–H groups in total. The normalized spacial score (nSPS) is 14.2. The summed E-state index contributed by atoms with van der Waals surface area (Å²) in [5.41, 5.74) is 0. The summed E-state index contributed by atoms with van der Waals surface area (Å²) in [7, 11) is 0. The number of esters is 2. The maximum absolute atomic E-state index is 12.5. The molecule has 0 aromatic rings. The Labute approximate surface area is 280 Å². The van der Waals surface area contributed by atoms with E-state index in [9.17, 15) is 14.8 Å². The molecule has 0 aliphatic carbocycles. The summed E-state index contributed by atoms with van der Waals surface area (Å²) >= 11 is 0. The smallest absolute Gasteiger partial charge is 0.310 e. The maximum atomic E-state index is 12.5. The van der Waals surface area contributed by atoms with Crippen molar-refractivity contribution in [3.05, 3.63) is 0 Å². The molecule has 0 bridgehead atoms. The molecule has 0 fully saturated rings. The largest absolute Gasteiger partial charge is 0.409 e. The van der Waals surface area contributed by atoms with Gasteiger partial charge in [0.05, 0.1) is 0 Å². The van der Waals surface area contributed by atoms with Crippen LogP contribution in [0.25, 0.3) is 0 Å². The van der Waals surface area contributed by atoms with Crippen LogP contribution in [0.15, 0.2) is 0 Å². The van der Waals surface area contributed by atoms with Crippen molar-refractivity contribution in [2.24, 2.45) is 0 Å². The van der Waals surface area contributed by atoms with Crippen LogP contribution in [0, 0.1) is 0 Å². The average molecular weight is 641 g/mol. The van der Waals surface area contributed by atoms with E-state index in [0.29, 0.717) is 25.8 Å². The van der Waals surface area contributed by atoms with Gasteiger partial charge in [-0.15, -0.1) is 4.65 Å². The van der Waals surface area contributed by atoms with E-state index in [2.05, 4.69) is 13.8 Å². The number of unbranched alkanes of at least 4 members (excludes halogenated alkanes) is 24. The van der Waals surface area contributed by atoms with Crippen molar-refractivity contribution in [1.29, 1.82) is 0 Å². The van der Waals surface area contributed by atoms with Gasteiger partial charge in [-0.05, 0) is 19.3 Å². The van der Waals surface area contributed by atoms with Crippen LogP contribution in [-0.2, 0) is 19.1 Å². The first-order valence-corrected chi connectivity index (χ1v) is 19.8. The molecule has 0 heterocycles. The standard InChI is InChI=1S/C39H78NO5/c1-6-9-11-13-15-17-19-21-23-25-27-29-31-33-38(41)44-36(4)40(43,35-8-3)37(5)45-39(42)34-32-30-28-26-24-22-20-18-16-14-12-10-7-2/h36-37,43H,6-35H2,1-5H3/q+1. The van der Waals surface area contributed by atoms with Gasteiger partial charge in [0, 0.05) is 26.7 Å². The zero-order valence-corrected chi connectivity index (χ0v) is 30.9. The van der Waals surface area contributed by atoms with Gasteiger partial charge in [0.15, 0.2) is 0 Å². The lowest BCUT2D eigenvalue weighted by Gasteiger charge is -2.38. The van der Waals surface area contributed by atoms with E-state index < -0.39 is 17.1 Å². The number of hydrogen-bond acceptors (Lipinski definition) is 5. The van der Waals surface area contributed by atoms with Gasteiger partial charge >= 0.3 is 11.9 Å². The van der Waals surface area contributed by atoms with Crippen molar-refractivity contribution >= 4 is 11.9 Å². The first kappa shape index (κ1) is 43.9. The highest BCUT2D eigenvalue weighted by Crippen LogP contribution is 2.22. The second-order valence-electron chi connectivity index (χ2n) is 13.8. The van der Waals surface area contributed by atoms with Crippen LogP contribution in [0.3, 0.4) is 0 Å². The van der Waals surface area contributed by atoms with Gasteiger partial charge in [0.1, 0.15) is 6.54 Å². The average Bonchev–Trinajstić information content (AvgIpc) is 3.01. The fourth-order valence-corrected chi connectivity index (χ4v) is 6.27. The van der Waals surface area contributed by atoms with Crippen molar-refractivity contribution in [1.82, 2.24) is 0 Å². The lowest BCUT2D eigenvalue weighted by atomic mass is 10.0. The third-order valence-electron chi connectivity index (χ3n) is 9.41. The molecule has 6 heteroatoms. The molecule has 0 rings (SSSR count). The number of quaternary nitrogens is 1. The quantitative estimate of drug-likeness (QED) is 0.0249. The van der Waals surface area contributed by atoms with Gasteiger partial charge in [-0.2, -0.15) is 0 Å². The van der Waals surface area contributed by atoms with Crippen molar-refractivity contribution in [3.63, 3.8) is 0 Å². The molecule has 6 nitrogen and oxygen atoms in total. The summed E-state index contributed by atoms with van der Waals surface area (Å²) in [6.07, 6.45) is 32.6. The van der Waals surface area contributed by atoms with Crippen LogP contribution >= 0.6 is 0 Å². The predicted molar refractivity (Wildman–Crippen MR) is 189 cm³/mol. The highest BCUT2D eigenvalue weighted by Gasteiger charge is 2.43. The first-order valence-electron chi connectivity index (χ1n) is 19.8. The van der Waals surface area contributed by atoms with Crippen LogP contribution in [0.2, 0.25) is 0 Å². The minimum atomic E-state index is -0.793. The summed E-state index contributed by atoms with van der Waals surface area (Å²) < 4.78 is 10.7. The highest BCUT2D eigenvalue weighted by atomic mass is 16.7. The molecule has 0 saturated heterocycles. The third-order valence-corrected chi connectivity index (χ3v) is 9.41. The predicted octanol–water partition coefficient (Wildman–Crippen LogP) is 12.3. The molecule has 0 spiro atoms. The molecule has 0 aliphatic rings. The number of rotatable bonds is 34. The Bertz CT molecular complexity index is 620. The van der Waals surface area contributed by atoms with E-state index in [-0.39, 0.29) is 11.9 Å². The molecular weight excluding hydrogens is 562 g/mol. The van der Waals surface area contributed by atoms with E-state index in [1.165, 1.54) is 128 Å². The zero-order valence-electron chi connectivity index (χ0n) is 30.9. The fraction of sp³-hybridized carbons (Fsp3) is 0.949. The number of hydroxylamine groups is 3. The first-order chi connectivity index (χ1) is 21.8. The molecule has 0 aromatic heterocycles. The van der Waals surface area contributed by atoms with Crippen LogP contribution in [0.5, 0.6) is 0 Å². The SMILES string of the molecule is CCCCCCCCCCCCCCCC(=O)OC(C)[N+](O)(CCC)C(C)OC(=O)CCCCCCCCCCCCCCC. The van der Waals surface area contributed by atoms with Gasteiger partial charge in [-0.25, -0.2) is 5.21 Å². The molecule has 0 aromatic carbocycles. The van der Waals surface area contributed by atoms with Crippen LogP contribution < -0.4 is 0 Å². The number of nitrogens with zero attached hydrogens (tertiary/aromatic N) is 1. The Balaban J connectivity index is 4.05. The van der Waals surface area contributed by atoms with Gasteiger partial charge in [0.25, 0.3) is 12.5 Å². The van der Waals surface area contributed by atoms with Crippen LogP contribution in [0.1, 0.15) is 221 Å². The number of carbonyl (C=O) groups is 2. The van der Waals surface area contributed by atoms with Gasteiger partial charge < -0.3 is 9.47 Å². The summed E-state index contributed by atoms with van der Waals surface area (Å²) in [4.78, 5) is 25.1. The van der Waals surface area contributed by atoms with Gasteiger partial charge in [-0.3, -0.25) is 9.59 Å². The third kappa shape index (κ3) is 25.6. The topological polar surface area (TPSA) is 72.8 Å². The Morgan fingerprint density at radius 2 is 0.689 bits per heavy atom. The summed E-state index contributed by atoms with van der Waals surface area (Å²) in [6.45, 7) is 10.2. The molecule has 0 saturated carbocycles. The van der Waals surface area contributed by atoms with Gasteiger partial charge in [0.2, 0.25) is 0 Å². The summed E-state index contributed by atoms with van der Waals surface area (Å²) in [6, 6.07) is 0. The van der Waals surface area contributed by atoms with E-state index in [1.54, 1.807) is 13.8 Å². The van der Waals surface area contributed by atoms with E-state index in [1.807, 2.05) is 6.92 Å². The molecule has 0 radical (unpaired) electrons. The molecule has 2 atom stereocenters. The fourth-order valence-electron chi connectivity index (χ4n) is 6.27. The van der Waals surface area contributed by atoms with Crippen molar-refractivity contribution in [3.8, 4) is 0 Å².